The third-order valence-corrected chi connectivity index (χ3v) is 2.44. The Morgan fingerprint density at radius 3 is 2.93 bits per heavy atom. The number of carbonyl (C=O) groups is 1. The van der Waals surface area contributed by atoms with Crippen LogP contribution >= 0.6 is 12.4 Å². The molecular weight excluding hydrogens is 214 g/mol. The summed E-state index contributed by atoms with van der Waals surface area (Å²) in [5, 5.41) is 3.32. The van der Waals surface area contributed by atoms with Gasteiger partial charge in [-0.2, -0.15) is 0 Å². The Morgan fingerprint density at radius 1 is 1.53 bits per heavy atom. The second-order valence-electron chi connectivity index (χ2n) is 3.46. The molecule has 1 aliphatic rings. The lowest BCUT2D eigenvalue weighted by Crippen LogP contribution is -2.18. The third kappa shape index (κ3) is 2.67. The monoisotopic (exact) mass is 227 g/mol. The second-order valence-corrected chi connectivity index (χ2v) is 3.46. The van der Waals surface area contributed by atoms with Crippen molar-refractivity contribution in [2.24, 2.45) is 5.73 Å². The molecule has 1 aromatic rings. The van der Waals surface area contributed by atoms with Crippen LogP contribution in [0.15, 0.2) is 18.2 Å². The van der Waals surface area contributed by atoms with Crippen LogP contribution in [0, 0.1) is 0 Å². The topological polar surface area (TPSA) is 68.0 Å². The molecule has 3 N–H and O–H groups in total. The van der Waals surface area contributed by atoms with E-state index in [0.717, 1.165) is 25.1 Å². The first-order valence-corrected chi connectivity index (χ1v) is 4.77. The summed E-state index contributed by atoms with van der Waals surface area (Å²) < 4.78 is 0. The predicted molar refractivity (Wildman–Crippen MR) is 60.0 cm³/mol. The molecule has 15 heavy (non-hydrogen) atoms. The zero-order chi connectivity index (χ0) is 9.97. The molecular formula is C10H14ClN3O. The van der Waals surface area contributed by atoms with Crippen LogP contribution in [-0.4, -0.2) is 17.4 Å². The zero-order valence-electron chi connectivity index (χ0n) is 8.27. The Morgan fingerprint density at radius 2 is 2.33 bits per heavy atom. The molecule has 1 fully saturated rings. The summed E-state index contributed by atoms with van der Waals surface area (Å²) in [6, 6.07) is 5.67. The molecule has 1 amide bonds. The molecule has 0 saturated carbocycles. The smallest absolute Gasteiger partial charge is 0.267 e. The lowest BCUT2D eigenvalue weighted by Gasteiger charge is -2.09. The van der Waals surface area contributed by atoms with E-state index in [9.17, 15) is 4.79 Å². The van der Waals surface area contributed by atoms with E-state index in [2.05, 4.69) is 10.3 Å². The number of nitrogens with two attached hydrogens (primary N) is 1. The highest BCUT2D eigenvalue weighted by molar-refractivity contribution is 5.90. The lowest BCUT2D eigenvalue weighted by atomic mass is 10.1. The van der Waals surface area contributed by atoms with Gasteiger partial charge in [-0.05, 0) is 31.5 Å². The lowest BCUT2D eigenvalue weighted by molar-refractivity contribution is 0.0995. The van der Waals surface area contributed by atoms with Gasteiger partial charge in [0.2, 0.25) is 0 Å². The highest BCUT2D eigenvalue weighted by Crippen LogP contribution is 2.20. The molecule has 1 saturated heterocycles. The van der Waals surface area contributed by atoms with Crippen molar-refractivity contribution < 1.29 is 4.79 Å². The minimum absolute atomic E-state index is 0. The van der Waals surface area contributed by atoms with Crippen molar-refractivity contribution in [3.05, 3.63) is 29.6 Å². The zero-order valence-corrected chi connectivity index (χ0v) is 9.09. The van der Waals surface area contributed by atoms with Gasteiger partial charge in [0.05, 0.1) is 5.69 Å². The number of hydrogen-bond donors (Lipinski definition) is 2. The third-order valence-electron chi connectivity index (χ3n) is 2.44. The van der Waals surface area contributed by atoms with Crippen molar-refractivity contribution in [3.63, 3.8) is 0 Å². The molecule has 4 nitrogen and oxygen atoms in total. The molecule has 2 heterocycles. The van der Waals surface area contributed by atoms with E-state index >= 15 is 0 Å². The molecule has 0 bridgehead atoms. The Labute approximate surface area is 94.7 Å². The molecule has 0 radical (unpaired) electrons. The van der Waals surface area contributed by atoms with E-state index in [-0.39, 0.29) is 18.4 Å². The number of nitrogens with one attached hydrogen (secondary N) is 1. The Bertz CT molecular complexity index is 350. The summed E-state index contributed by atoms with van der Waals surface area (Å²) in [4.78, 5) is 15.1. The van der Waals surface area contributed by atoms with Crippen LogP contribution in [0.25, 0.3) is 0 Å². The molecule has 0 aromatic carbocycles. The van der Waals surface area contributed by atoms with Crippen molar-refractivity contribution in [3.8, 4) is 0 Å². The molecule has 2 rings (SSSR count). The summed E-state index contributed by atoms with van der Waals surface area (Å²) in [6.07, 6.45) is 2.24. The number of amides is 1. The molecule has 5 heteroatoms. The number of nitrogens with zero attached hydrogens (tertiary/aromatic N) is 1. The minimum Gasteiger partial charge on any atom is -0.364 e. The van der Waals surface area contributed by atoms with Gasteiger partial charge in [0.15, 0.2) is 0 Å². The summed E-state index contributed by atoms with van der Waals surface area (Å²) in [7, 11) is 0. The van der Waals surface area contributed by atoms with E-state index in [4.69, 9.17) is 5.73 Å². The molecule has 1 unspecified atom stereocenters. The number of aromatic nitrogens is 1. The van der Waals surface area contributed by atoms with E-state index < -0.39 is 5.91 Å². The van der Waals surface area contributed by atoms with Crippen LogP contribution in [-0.2, 0) is 0 Å². The maximum Gasteiger partial charge on any atom is 0.267 e. The van der Waals surface area contributed by atoms with Gasteiger partial charge in [-0.1, -0.05) is 6.07 Å². The number of halogens is 1. The average molecular weight is 228 g/mol. The first kappa shape index (κ1) is 11.9. The first-order chi connectivity index (χ1) is 6.77. The van der Waals surface area contributed by atoms with Crippen LogP contribution < -0.4 is 11.1 Å². The number of primary amides is 1. The molecule has 0 aliphatic carbocycles. The molecule has 0 spiro atoms. The fourth-order valence-corrected chi connectivity index (χ4v) is 1.72. The quantitative estimate of drug-likeness (QED) is 0.793. The van der Waals surface area contributed by atoms with Gasteiger partial charge in [-0.15, -0.1) is 12.4 Å². The second kappa shape index (κ2) is 5.09. The van der Waals surface area contributed by atoms with Crippen molar-refractivity contribution in [2.75, 3.05) is 6.54 Å². The number of pyridine rings is 1. The van der Waals surface area contributed by atoms with Gasteiger partial charge in [0.1, 0.15) is 5.69 Å². The van der Waals surface area contributed by atoms with E-state index in [0.29, 0.717) is 5.69 Å². The fraction of sp³-hybridized carbons (Fsp3) is 0.400. The van der Waals surface area contributed by atoms with Gasteiger partial charge >= 0.3 is 0 Å². The molecule has 1 aliphatic heterocycles. The van der Waals surface area contributed by atoms with Crippen LogP contribution in [0.4, 0.5) is 0 Å². The van der Waals surface area contributed by atoms with E-state index in [1.165, 1.54) is 0 Å². The van der Waals surface area contributed by atoms with Gasteiger partial charge < -0.3 is 11.1 Å². The average Bonchev–Trinajstić information content (AvgIpc) is 2.71. The number of carbonyl (C=O) groups excluding carboxylic acids is 1. The summed E-state index contributed by atoms with van der Waals surface area (Å²) in [6.45, 7) is 1.02. The SMILES string of the molecule is Cl.NC(=O)c1cccc(C2CCCN2)n1. The van der Waals surface area contributed by atoms with Crippen molar-refractivity contribution >= 4 is 18.3 Å². The first-order valence-electron chi connectivity index (χ1n) is 4.77. The molecule has 1 aromatic heterocycles. The van der Waals surface area contributed by atoms with Crippen LogP contribution in [0.1, 0.15) is 35.1 Å². The maximum absolute atomic E-state index is 10.9. The van der Waals surface area contributed by atoms with Crippen LogP contribution in [0.2, 0.25) is 0 Å². The number of rotatable bonds is 2. The molecule has 1 atom stereocenters. The van der Waals surface area contributed by atoms with Gasteiger partial charge in [0.25, 0.3) is 5.91 Å². The number of hydrogen-bond acceptors (Lipinski definition) is 3. The molecule has 82 valence electrons. The van der Waals surface area contributed by atoms with E-state index in [1.807, 2.05) is 12.1 Å². The van der Waals surface area contributed by atoms with Gasteiger partial charge in [-0.25, -0.2) is 4.98 Å². The predicted octanol–water partition coefficient (Wildman–Crippen LogP) is 1.03. The highest BCUT2D eigenvalue weighted by Gasteiger charge is 2.17. The Hall–Kier alpha value is -1.13. The van der Waals surface area contributed by atoms with Crippen molar-refractivity contribution in [2.45, 2.75) is 18.9 Å². The summed E-state index contributed by atoms with van der Waals surface area (Å²) in [5.41, 5.74) is 6.42. The summed E-state index contributed by atoms with van der Waals surface area (Å²) >= 11 is 0. The Balaban J connectivity index is 0.00000112. The van der Waals surface area contributed by atoms with Gasteiger partial charge in [-0.3, -0.25) is 4.79 Å². The van der Waals surface area contributed by atoms with Gasteiger partial charge in [0, 0.05) is 6.04 Å². The van der Waals surface area contributed by atoms with Crippen molar-refractivity contribution in [1.29, 1.82) is 0 Å². The normalized spacial score (nSPS) is 19.6. The standard InChI is InChI=1S/C10H13N3O.ClH/c11-10(14)9-4-1-3-8(13-9)7-5-2-6-12-7;/h1,3-4,7,12H,2,5-6H2,(H2,11,14);1H. The highest BCUT2D eigenvalue weighted by atomic mass is 35.5. The minimum atomic E-state index is -0.468. The fourth-order valence-electron chi connectivity index (χ4n) is 1.72. The summed E-state index contributed by atoms with van der Waals surface area (Å²) in [5.74, 6) is -0.468. The van der Waals surface area contributed by atoms with Crippen LogP contribution in [0.5, 0.6) is 0 Å². The van der Waals surface area contributed by atoms with E-state index in [1.54, 1.807) is 6.07 Å². The maximum atomic E-state index is 10.9. The van der Waals surface area contributed by atoms with Crippen molar-refractivity contribution in [1.82, 2.24) is 10.3 Å². The Kier molecular flexibility index (Phi) is 4.05. The van der Waals surface area contributed by atoms with Crippen LogP contribution in [0.3, 0.4) is 0 Å². The largest absolute Gasteiger partial charge is 0.364 e.